The van der Waals surface area contributed by atoms with E-state index in [1.165, 1.54) is 30.5 Å². The molecule has 0 unspecified atom stereocenters. The van der Waals surface area contributed by atoms with Crippen LogP contribution in [-0.2, 0) is 0 Å². The topological polar surface area (TPSA) is 86.9 Å². The van der Waals surface area contributed by atoms with Gasteiger partial charge in [0.15, 0.2) is 0 Å². The smallest absolute Gasteiger partial charge is 0.271 e. The van der Waals surface area contributed by atoms with Crippen molar-refractivity contribution in [3.05, 3.63) is 47.5 Å². The van der Waals surface area contributed by atoms with Crippen molar-refractivity contribution in [3.63, 3.8) is 0 Å². The molecule has 0 radical (unpaired) electrons. The van der Waals surface area contributed by atoms with E-state index in [1.807, 2.05) is 0 Å². The number of H-pyrrole nitrogens is 1. The third-order valence-electron chi connectivity index (χ3n) is 5.51. The first-order valence-electron chi connectivity index (χ1n) is 9.65. The Kier molecular flexibility index (Phi) is 5.82. The van der Waals surface area contributed by atoms with Gasteiger partial charge in [-0.1, -0.05) is 20.8 Å². The fourth-order valence-corrected chi connectivity index (χ4v) is 3.71. The third-order valence-corrected chi connectivity index (χ3v) is 5.51. The second-order valence-electron chi connectivity index (χ2n) is 8.51. The second-order valence-corrected chi connectivity index (χ2v) is 8.51. The number of aromatic amines is 1. The van der Waals surface area contributed by atoms with Crippen molar-refractivity contribution in [3.8, 4) is 0 Å². The molecule has 1 aliphatic rings. The highest BCUT2D eigenvalue weighted by atomic mass is 19.1. The van der Waals surface area contributed by atoms with Gasteiger partial charge in [0.05, 0.1) is 11.9 Å². The van der Waals surface area contributed by atoms with E-state index in [0.717, 1.165) is 25.7 Å². The summed E-state index contributed by atoms with van der Waals surface area (Å²) < 4.78 is 13.0. The van der Waals surface area contributed by atoms with Crippen LogP contribution in [0.25, 0.3) is 0 Å². The van der Waals surface area contributed by atoms with Gasteiger partial charge in [0.25, 0.3) is 11.8 Å². The van der Waals surface area contributed by atoms with Gasteiger partial charge in [-0.3, -0.25) is 14.7 Å². The lowest BCUT2D eigenvalue weighted by Gasteiger charge is -2.37. The van der Waals surface area contributed by atoms with Gasteiger partial charge in [-0.25, -0.2) is 4.39 Å². The molecule has 0 atom stereocenters. The van der Waals surface area contributed by atoms with Gasteiger partial charge in [-0.05, 0) is 61.3 Å². The van der Waals surface area contributed by atoms with E-state index in [-0.39, 0.29) is 23.1 Å². The van der Waals surface area contributed by atoms with E-state index in [4.69, 9.17) is 0 Å². The Morgan fingerprint density at radius 1 is 1.07 bits per heavy atom. The Morgan fingerprint density at radius 3 is 2.32 bits per heavy atom. The van der Waals surface area contributed by atoms with Crippen molar-refractivity contribution in [1.29, 1.82) is 0 Å². The molecule has 2 aromatic rings. The normalized spacial score (nSPS) is 19.9. The molecule has 0 aliphatic heterocycles. The quantitative estimate of drug-likeness (QED) is 0.738. The van der Waals surface area contributed by atoms with Crippen LogP contribution in [0.2, 0.25) is 0 Å². The van der Waals surface area contributed by atoms with Crippen LogP contribution in [0.3, 0.4) is 0 Å². The summed E-state index contributed by atoms with van der Waals surface area (Å²) in [6.45, 7) is 6.78. The fraction of sp³-hybridized carbons (Fsp3) is 0.476. The molecule has 0 saturated heterocycles. The van der Waals surface area contributed by atoms with Crippen LogP contribution in [0.4, 0.5) is 10.1 Å². The SMILES string of the molecule is CC(C)(C)C1CCC(NC(=O)c2[nH]ncc2NC(=O)c2ccc(F)cc2)CC1. The number of carbonyl (C=O) groups is 2. The summed E-state index contributed by atoms with van der Waals surface area (Å²) >= 11 is 0. The van der Waals surface area contributed by atoms with Gasteiger partial charge < -0.3 is 10.6 Å². The predicted octanol–water partition coefficient (Wildman–Crippen LogP) is 4.14. The highest BCUT2D eigenvalue weighted by Gasteiger charge is 2.30. The summed E-state index contributed by atoms with van der Waals surface area (Å²) in [7, 11) is 0. The van der Waals surface area contributed by atoms with Crippen molar-refractivity contribution in [2.24, 2.45) is 11.3 Å². The maximum absolute atomic E-state index is 13.0. The molecule has 7 heteroatoms. The molecular formula is C21H27FN4O2. The standard InChI is InChI=1S/C21H27FN4O2/c1-21(2,3)14-6-10-16(11-7-14)24-20(28)18-17(12-23-26-18)25-19(27)13-4-8-15(22)9-5-13/h4-5,8-9,12,14,16H,6-7,10-11H2,1-3H3,(H,23,26)(H,24,28)(H,25,27). The monoisotopic (exact) mass is 386 g/mol. The summed E-state index contributed by atoms with van der Waals surface area (Å²) in [4.78, 5) is 25.0. The van der Waals surface area contributed by atoms with Crippen molar-refractivity contribution in [2.45, 2.75) is 52.5 Å². The number of halogens is 1. The lowest BCUT2D eigenvalue weighted by molar-refractivity contribution is 0.0900. The summed E-state index contributed by atoms with van der Waals surface area (Å²) in [5.41, 5.74) is 1.11. The molecule has 3 N–H and O–H groups in total. The van der Waals surface area contributed by atoms with Gasteiger partial charge in [0, 0.05) is 11.6 Å². The molecule has 2 amide bonds. The number of nitrogens with one attached hydrogen (secondary N) is 3. The van der Waals surface area contributed by atoms with Gasteiger partial charge in [0.2, 0.25) is 0 Å². The molecule has 1 saturated carbocycles. The second kappa shape index (κ2) is 8.12. The molecule has 28 heavy (non-hydrogen) atoms. The van der Waals surface area contributed by atoms with Crippen LogP contribution in [0.15, 0.2) is 30.5 Å². The van der Waals surface area contributed by atoms with E-state index in [2.05, 4.69) is 41.6 Å². The Bertz CT molecular complexity index is 831. The van der Waals surface area contributed by atoms with Crippen molar-refractivity contribution >= 4 is 17.5 Å². The minimum Gasteiger partial charge on any atom is -0.348 e. The number of rotatable bonds is 4. The number of anilines is 1. The molecule has 6 nitrogen and oxygen atoms in total. The number of aromatic nitrogens is 2. The van der Waals surface area contributed by atoms with Crippen LogP contribution in [0, 0.1) is 17.2 Å². The van der Waals surface area contributed by atoms with Crippen molar-refractivity contribution in [2.75, 3.05) is 5.32 Å². The maximum Gasteiger partial charge on any atom is 0.271 e. The first kappa shape index (κ1) is 20.0. The molecular weight excluding hydrogens is 359 g/mol. The average molecular weight is 386 g/mol. The summed E-state index contributed by atoms with van der Waals surface area (Å²) in [6, 6.07) is 5.32. The van der Waals surface area contributed by atoms with E-state index in [9.17, 15) is 14.0 Å². The lowest BCUT2D eigenvalue weighted by atomic mass is 9.71. The summed E-state index contributed by atoms with van der Waals surface area (Å²) in [6.07, 6.45) is 5.46. The average Bonchev–Trinajstić information content (AvgIpc) is 3.10. The zero-order valence-electron chi connectivity index (χ0n) is 16.5. The van der Waals surface area contributed by atoms with Crippen LogP contribution in [-0.4, -0.2) is 28.1 Å². The molecule has 1 fully saturated rings. The number of benzene rings is 1. The Labute approximate surface area is 164 Å². The first-order chi connectivity index (χ1) is 13.2. The molecule has 1 aliphatic carbocycles. The largest absolute Gasteiger partial charge is 0.348 e. The van der Waals surface area contributed by atoms with E-state index in [0.29, 0.717) is 17.2 Å². The van der Waals surface area contributed by atoms with Crippen molar-refractivity contribution in [1.82, 2.24) is 15.5 Å². The molecule has 1 aromatic heterocycles. The summed E-state index contributed by atoms with van der Waals surface area (Å²) in [5.74, 6) is -0.466. The lowest BCUT2D eigenvalue weighted by Crippen LogP contribution is -2.39. The van der Waals surface area contributed by atoms with Gasteiger partial charge in [-0.2, -0.15) is 5.10 Å². The first-order valence-corrected chi connectivity index (χ1v) is 9.65. The molecule has 150 valence electrons. The highest BCUT2D eigenvalue weighted by molar-refractivity contribution is 6.08. The third kappa shape index (κ3) is 4.77. The molecule has 3 rings (SSSR count). The van der Waals surface area contributed by atoms with Crippen molar-refractivity contribution < 1.29 is 14.0 Å². The minimum absolute atomic E-state index is 0.120. The van der Waals surface area contributed by atoms with Gasteiger partial charge in [-0.15, -0.1) is 0 Å². The predicted molar refractivity (Wildman–Crippen MR) is 106 cm³/mol. The van der Waals surface area contributed by atoms with E-state index in [1.54, 1.807) is 0 Å². The van der Waals surface area contributed by atoms with Gasteiger partial charge >= 0.3 is 0 Å². The Balaban J connectivity index is 1.59. The molecule has 1 aromatic carbocycles. The fourth-order valence-electron chi connectivity index (χ4n) is 3.71. The van der Waals surface area contributed by atoms with Crippen LogP contribution in [0.5, 0.6) is 0 Å². The van der Waals surface area contributed by atoms with Crippen LogP contribution in [0.1, 0.15) is 67.3 Å². The van der Waals surface area contributed by atoms with Gasteiger partial charge in [0.1, 0.15) is 11.5 Å². The van der Waals surface area contributed by atoms with E-state index >= 15 is 0 Å². The zero-order chi connectivity index (χ0) is 20.3. The van der Waals surface area contributed by atoms with Crippen LogP contribution < -0.4 is 10.6 Å². The Morgan fingerprint density at radius 2 is 1.71 bits per heavy atom. The number of carbonyl (C=O) groups excluding carboxylic acids is 2. The highest BCUT2D eigenvalue weighted by Crippen LogP contribution is 2.37. The number of hydrogen-bond donors (Lipinski definition) is 3. The van der Waals surface area contributed by atoms with Crippen LogP contribution >= 0.6 is 0 Å². The van der Waals surface area contributed by atoms with E-state index < -0.39 is 11.7 Å². The minimum atomic E-state index is -0.430. The molecule has 1 heterocycles. The molecule has 0 spiro atoms. The molecule has 0 bridgehead atoms. The number of amides is 2. The number of nitrogens with zero attached hydrogens (tertiary/aromatic N) is 1. The maximum atomic E-state index is 13.0. The summed E-state index contributed by atoms with van der Waals surface area (Å²) in [5, 5.41) is 12.2. The number of hydrogen-bond acceptors (Lipinski definition) is 3. The Hall–Kier alpha value is -2.70. The zero-order valence-corrected chi connectivity index (χ0v) is 16.5.